The number of nitrogens with zero attached hydrogens (tertiary/aromatic N) is 3. The molecule has 1 aliphatic heterocycles. The van der Waals surface area contributed by atoms with Crippen LogP contribution in [0.1, 0.15) is 5.76 Å². The van der Waals surface area contributed by atoms with Crippen molar-refractivity contribution < 1.29 is 13.9 Å². The van der Waals surface area contributed by atoms with Crippen LogP contribution < -0.4 is 20.3 Å². The number of ether oxygens (including phenoxy) is 1. The number of anilines is 1. The van der Waals surface area contributed by atoms with Crippen LogP contribution in [-0.4, -0.2) is 63.6 Å². The van der Waals surface area contributed by atoms with Gasteiger partial charge < -0.3 is 29.6 Å². The zero-order valence-electron chi connectivity index (χ0n) is 16.4. The minimum absolute atomic E-state index is 0.102. The Balaban J connectivity index is 1.43. The van der Waals surface area contributed by atoms with Crippen LogP contribution in [0, 0.1) is 0 Å². The minimum atomic E-state index is -0.102. The molecule has 3 rings (SSSR count). The van der Waals surface area contributed by atoms with E-state index in [4.69, 9.17) is 9.15 Å². The van der Waals surface area contributed by atoms with Crippen molar-refractivity contribution in [1.82, 2.24) is 15.5 Å². The number of furan rings is 1. The second-order valence-electron chi connectivity index (χ2n) is 6.43. The van der Waals surface area contributed by atoms with Gasteiger partial charge in [0.2, 0.25) is 5.91 Å². The Morgan fingerprint density at radius 2 is 1.89 bits per heavy atom. The van der Waals surface area contributed by atoms with Crippen molar-refractivity contribution in [3.63, 3.8) is 0 Å². The number of rotatable bonds is 6. The smallest absolute Gasteiger partial charge is 0.239 e. The molecular formula is C20H27N5O3. The van der Waals surface area contributed by atoms with E-state index in [1.165, 1.54) is 5.69 Å². The number of nitrogens with one attached hydrogen (secondary N) is 2. The average Bonchev–Trinajstić information content (AvgIpc) is 3.27. The number of hydrogen-bond donors (Lipinski definition) is 2. The highest BCUT2D eigenvalue weighted by Gasteiger charge is 2.20. The fourth-order valence-corrected chi connectivity index (χ4v) is 3.12. The maximum atomic E-state index is 12.0. The average molecular weight is 385 g/mol. The minimum Gasteiger partial charge on any atom is -0.497 e. The molecule has 1 fully saturated rings. The molecule has 8 heteroatoms. The monoisotopic (exact) mass is 385 g/mol. The van der Waals surface area contributed by atoms with E-state index in [0.717, 1.165) is 43.6 Å². The van der Waals surface area contributed by atoms with Gasteiger partial charge in [0, 0.05) is 38.9 Å². The second kappa shape index (κ2) is 9.68. The predicted molar refractivity (Wildman–Crippen MR) is 109 cm³/mol. The van der Waals surface area contributed by atoms with Gasteiger partial charge in [-0.3, -0.25) is 9.79 Å². The summed E-state index contributed by atoms with van der Waals surface area (Å²) in [6.45, 7) is 3.99. The normalized spacial score (nSPS) is 14.7. The van der Waals surface area contributed by atoms with E-state index in [2.05, 4.69) is 37.6 Å². The number of carbonyl (C=O) groups excluding carboxylic acids is 1. The summed E-state index contributed by atoms with van der Waals surface area (Å²) in [5.41, 5.74) is 1.18. The van der Waals surface area contributed by atoms with Gasteiger partial charge in [0.05, 0.1) is 26.5 Å². The van der Waals surface area contributed by atoms with Gasteiger partial charge in [-0.1, -0.05) is 0 Å². The Morgan fingerprint density at radius 3 is 2.50 bits per heavy atom. The molecule has 1 aromatic heterocycles. The lowest BCUT2D eigenvalue weighted by atomic mass is 10.2. The molecule has 2 heterocycles. The van der Waals surface area contributed by atoms with E-state index in [-0.39, 0.29) is 12.5 Å². The van der Waals surface area contributed by atoms with Crippen molar-refractivity contribution in [2.24, 2.45) is 4.99 Å². The van der Waals surface area contributed by atoms with Crippen LogP contribution in [0.15, 0.2) is 52.1 Å². The molecule has 0 atom stereocenters. The summed E-state index contributed by atoms with van der Waals surface area (Å²) in [6, 6.07) is 11.7. The third kappa shape index (κ3) is 5.18. The Hall–Kier alpha value is -3.16. The molecule has 0 radical (unpaired) electrons. The van der Waals surface area contributed by atoms with E-state index in [0.29, 0.717) is 6.54 Å². The van der Waals surface area contributed by atoms with Gasteiger partial charge in [-0.15, -0.1) is 0 Å². The maximum absolute atomic E-state index is 12.0. The molecule has 1 amide bonds. The molecule has 0 spiro atoms. The van der Waals surface area contributed by atoms with E-state index in [1.807, 2.05) is 18.2 Å². The standard InChI is InChI=1S/C20H27N5O3/c1-21-20(23-15-19(26)22-14-18-4-3-13-28-18)25-11-9-24(10-12-25)16-5-7-17(27-2)8-6-16/h3-8,13H,9-12,14-15H2,1-2H3,(H,21,23)(H,22,26). The van der Waals surface area contributed by atoms with Gasteiger partial charge in [-0.2, -0.15) is 0 Å². The summed E-state index contributed by atoms with van der Waals surface area (Å²) in [5, 5.41) is 5.96. The van der Waals surface area contributed by atoms with Crippen molar-refractivity contribution in [2.45, 2.75) is 6.54 Å². The number of hydrogen-bond acceptors (Lipinski definition) is 5. The van der Waals surface area contributed by atoms with Gasteiger partial charge in [-0.05, 0) is 36.4 Å². The van der Waals surface area contributed by atoms with Crippen molar-refractivity contribution in [1.29, 1.82) is 0 Å². The Labute approximate surface area is 165 Å². The van der Waals surface area contributed by atoms with Crippen molar-refractivity contribution in [3.8, 4) is 5.75 Å². The second-order valence-corrected chi connectivity index (χ2v) is 6.43. The molecule has 0 unspecified atom stereocenters. The van der Waals surface area contributed by atoms with Crippen LogP contribution in [0.25, 0.3) is 0 Å². The summed E-state index contributed by atoms with van der Waals surface area (Å²) >= 11 is 0. The molecule has 1 saturated heterocycles. The fourth-order valence-electron chi connectivity index (χ4n) is 3.12. The van der Waals surface area contributed by atoms with Crippen LogP contribution >= 0.6 is 0 Å². The lowest BCUT2D eigenvalue weighted by Gasteiger charge is -2.37. The highest BCUT2D eigenvalue weighted by Crippen LogP contribution is 2.20. The quantitative estimate of drug-likeness (QED) is 0.576. The number of benzene rings is 1. The molecule has 150 valence electrons. The zero-order chi connectivity index (χ0) is 19.8. The van der Waals surface area contributed by atoms with Crippen LogP contribution in [0.2, 0.25) is 0 Å². The van der Waals surface area contributed by atoms with Gasteiger partial charge in [0.25, 0.3) is 0 Å². The number of methoxy groups -OCH3 is 1. The lowest BCUT2D eigenvalue weighted by Crippen LogP contribution is -2.53. The first-order valence-electron chi connectivity index (χ1n) is 9.33. The van der Waals surface area contributed by atoms with E-state index < -0.39 is 0 Å². The molecule has 2 N–H and O–H groups in total. The summed E-state index contributed by atoms with van der Waals surface area (Å²) in [7, 11) is 3.41. The molecule has 1 aliphatic rings. The largest absolute Gasteiger partial charge is 0.497 e. The number of amides is 1. The number of carbonyl (C=O) groups is 1. The molecule has 0 bridgehead atoms. The molecule has 2 aromatic rings. The number of aliphatic imine (C=N–C) groups is 1. The van der Waals surface area contributed by atoms with Gasteiger partial charge >= 0.3 is 0 Å². The van der Waals surface area contributed by atoms with Gasteiger partial charge in [0.1, 0.15) is 11.5 Å². The molecular weight excluding hydrogens is 358 g/mol. The van der Waals surface area contributed by atoms with Crippen molar-refractivity contribution in [2.75, 3.05) is 51.8 Å². The van der Waals surface area contributed by atoms with E-state index in [9.17, 15) is 4.79 Å². The molecule has 0 aliphatic carbocycles. The lowest BCUT2D eigenvalue weighted by molar-refractivity contribution is -0.120. The van der Waals surface area contributed by atoms with Crippen LogP contribution in [0.4, 0.5) is 5.69 Å². The fraction of sp³-hybridized carbons (Fsp3) is 0.400. The van der Waals surface area contributed by atoms with Gasteiger partial charge in [0.15, 0.2) is 5.96 Å². The highest BCUT2D eigenvalue weighted by atomic mass is 16.5. The van der Waals surface area contributed by atoms with Crippen molar-refractivity contribution in [3.05, 3.63) is 48.4 Å². The summed E-state index contributed by atoms with van der Waals surface area (Å²) in [4.78, 5) is 20.8. The summed E-state index contributed by atoms with van der Waals surface area (Å²) < 4.78 is 10.4. The Morgan fingerprint density at radius 1 is 1.14 bits per heavy atom. The first-order valence-corrected chi connectivity index (χ1v) is 9.33. The van der Waals surface area contributed by atoms with Crippen LogP contribution in [-0.2, 0) is 11.3 Å². The van der Waals surface area contributed by atoms with Crippen LogP contribution in [0.3, 0.4) is 0 Å². The highest BCUT2D eigenvalue weighted by molar-refractivity contribution is 5.86. The Kier molecular flexibility index (Phi) is 6.78. The topological polar surface area (TPSA) is 82.3 Å². The summed E-state index contributed by atoms with van der Waals surface area (Å²) in [5.74, 6) is 2.22. The third-order valence-electron chi connectivity index (χ3n) is 4.68. The molecule has 1 aromatic carbocycles. The number of guanidine groups is 1. The van der Waals surface area contributed by atoms with Crippen LogP contribution in [0.5, 0.6) is 5.75 Å². The number of piperazine rings is 1. The third-order valence-corrected chi connectivity index (χ3v) is 4.68. The van der Waals surface area contributed by atoms with E-state index in [1.54, 1.807) is 26.5 Å². The maximum Gasteiger partial charge on any atom is 0.239 e. The molecule has 28 heavy (non-hydrogen) atoms. The molecule has 0 saturated carbocycles. The zero-order valence-corrected chi connectivity index (χ0v) is 16.4. The molecule has 8 nitrogen and oxygen atoms in total. The first-order chi connectivity index (χ1) is 13.7. The van der Waals surface area contributed by atoms with Gasteiger partial charge in [-0.25, -0.2) is 0 Å². The Bertz CT molecular complexity index is 766. The predicted octanol–water partition coefficient (Wildman–Crippen LogP) is 1.30. The van der Waals surface area contributed by atoms with E-state index >= 15 is 0 Å². The van der Waals surface area contributed by atoms with Crippen molar-refractivity contribution >= 4 is 17.6 Å². The first kappa shape index (κ1) is 19.6. The summed E-state index contributed by atoms with van der Waals surface area (Å²) in [6.07, 6.45) is 1.59. The SMILES string of the molecule is CN=C(NCC(=O)NCc1ccco1)N1CCN(c2ccc(OC)cc2)CC1.